The van der Waals surface area contributed by atoms with Crippen LogP contribution in [0.5, 0.6) is 0 Å². The van der Waals surface area contributed by atoms with E-state index >= 15 is 0 Å². The number of amidine groups is 1. The van der Waals surface area contributed by atoms with E-state index < -0.39 is 0 Å². The maximum Gasteiger partial charge on any atom is 0.264 e. The van der Waals surface area contributed by atoms with Gasteiger partial charge in [-0.05, 0) is 79.2 Å². The molecule has 1 aliphatic heterocycles. The van der Waals surface area contributed by atoms with Crippen molar-refractivity contribution < 1.29 is 4.79 Å². The molecule has 2 heterocycles. The third kappa shape index (κ3) is 3.88. The van der Waals surface area contributed by atoms with Crippen LogP contribution in [0.4, 0.5) is 5.69 Å². The number of benzene rings is 2. The van der Waals surface area contributed by atoms with Crippen LogP contribution >= 0.6 is 11.8 Å². The Morgan fingerprint density at radius 2 is 1.74 bits per heavy atom. The molecule has 0 aliphatic carbocycles. The summed E-state index contributed by atoms with van der Waals surface area (Å²) < 4.78 is 2.06. The van der Waals surface area contributed by atoms with Gasteiger partial charge in [-0.1, -0.05) is 24.3 Å². The van der Waals surface area contributed by atoms with Gasteiger partial charge in [0.25, 0.3) is 5.91 Å². The van der Waals surface area contributed by atoms with Crippen molar-refractivity contribution in [1.82, 2.24) is 9.88 Å². The quantitative estimate of drug-likeness (QED) is 0.658. The zero-order chi connectivity index (χ0) is 18.8. The molecule has 27 heavy (non-hydrogen) atoms. The Kier molecular flexibility index (Phi) is 4.69. The summed E-state index contributed by atoms with van der Waals surface area (Å²) in [5, 5.41) is 3.47. The zero-order valence-electron chi connectivity index (χ0n) is 15.1. The van der Waals surface area contributed by atoms with Crippen LogP contribution in [0.15, 0.2) is 76.8 Å². The van der Waals surface area contributed by atoms with Gasteiger partial charge in [0.2, 0.25) is 0 Å². The van der Waals surface area contributed by atoms with E-state index in [4.69, 9.17) is 0 Å². The Bertz CT molecular complexity index is 1040. The number of amides is 1. The minimum absolute atomic E-state index is 0.121. The first-order valence-electron chi connectivity index (χ1n) is 8.69. The topological polar surface area (TPSA) is 46.4 Å². The molecule has 1 fully saturated rings. The summed E-state index contributed by atoms with van der Waals surface area (Å²) in [7, 11) is 0. The van der Waals surface area contributed by atoms with Crippen molar-refractivity contribution in [2.24, 2.45) is 4.99 Å². The Balaban J connectivity index is 1.62. The van der Waals surface area contributed by atoms with Gasteiger partial charge >= 0.3 is 0 Å². The van der Waals surface area contributed by atoms with Crippen molar-refractivity contribution in [3.05, 3.63) is 88.6 Å². The highest BCUT2D eigenvalue weighted by Gasteiger charge is 2.24. The summed E-state index contributed by atoms with van der Waals surface area (Å²) in [6.07, 6.45) is 3.89. The van der Waals surface area contributed by atoms with Crippen LogP contribution in [0, 0.1) is 13.8 Å². The molecule has 1 aromatic heterocycles. The summed E-state index contributed by atoms with van der Waals surface area (Å²) in [5.41, 5.74) is 5.16. The average molecular weight is 373 g/mol. The molecule has 1 aliphatic rings. The predicted octanol–water partition coefficient (Wildman–Crippen LogP) is 4.99. The highest BCUT2D eigenvalue weighted by molar-refractivity contribution is 8.18. The van der Waals surface area contributed by atoms with E-state index in [1.54, 1.807) is 0 Å². The smallest absolute Gasteiger partial charge is 0.264 e. The number of hydrogen-bond acceptors (Lipinski definition) is 3. The number of carbonyl (C=O) groups is 1. The highest BCUT2D eigenvalue weighted by atomic mass is 32.2. The number of rotatable bonds is 3. The normalized spacial score (nSPS) is 16.9. The number of para-hydroxylation sites is 1. The maximum atomic E-state index is 12.4. The van der Waals surface area contributed by atoms with E-state index in [2.05, 4.69) is 20.9 Å². The second-order valence-electron chi connectivity index (χ2n) is 6.47. The fourth-order valence-corrected chi connectivity index (χ4v) is 3.91. The van der Waals surface area contributed by atoms with Crippen LogP contribution in [-0.4, -0.2) is 15.6 Å². The van der Waals surface area contributed by atoms with Gasteiger partial charge < -0.3 is 9.88 Å². The molecular weight excluding hydrogens is 354 g/mol. The fourth-order valence-electron chi connectivity index (χ4n) is 3.08. The lowest BCUT2D eigenvalue weighted by atomic mass is 10.1. The minimum atomic E-state index is -0.121. The molecule has 0 atom stereocenters. The number of nitrogens with one attached hydrogen (secondary N) is 1. The number of carbonyl (C=O) groups excluding carboxylic acids is 1. The van der Waals surface area contributed by atoms with Gasteiger partial charge in [0.1, 0.15) is 0 Å². The lowest BCUT2D eigenvalue weighted by Crippen LogP contribution is -2.19. The number of nitrogens with zero attached hydrogens (tertiary/aromatic N) is 2. The summed E-state index contributed by atoms with van der Waals surface area (Å²) in [6.45, 7) is 4.08. The van der Waals surface area contributed by atoms with Gasteiger partial charge in [-0.15, -0.1) is 0 Å². The van der Waals surface area contributed by atoms with E-state index in [9.17, 15) is 4.79 Å². The molecule has 0 unspecified atom stereocenters. The first kappa shape index (κ1) is 17.4. The van der Waals surface area contributed by atoms with Gasteiger partial charge in [0.15, 0.2) is 5.17 Å². The van der Waals surface area contributed by atoms with Gasteiger partial charge in [-0.25, -0.2) is 4.99 Å². The van der Waals surface area contributed by atoms with E-state index in [-0.39, 0.29) is 5.91 Å². The number of aryl methyl sites for hydroxylation is 2. The summed E-state index contributed by atoms with van der Waals surface area (Å²) >= 11 is 1.36. The van der Waals surface area contributed by atoms with E-state index in [0.717, 1.165) is 28.2 Å². The van der Waals surface area contributed by atoms with E-state index in [0.29, 0.717) is 10.1 Å². The van der Waals surface area contributed by atoms with Gasteiger partial charge in [0.05, 0.1) is 10.6 Å². The Morgan fingerprint density at radius 1 is 1.00 bits per heavy atom. The number of aliphatic imine (C=N–C) groups is 1. The molecule has 1 saturated heterocycles. The third-order valence-electron chi connectivity index (χ3n) is 4.18. The molecule has 4 rings (SSSR count). The molecule has 0 radical (unpaired) electrons. The third-order valence-corrected chi connectivity index (χ3v) is 5.09. The van der Waals surface area contributed by atoms with Crippen molar-refractivity contribution in [2.45, 2.75) is 13.8 Å². The summed E-state index contributed by atoms with van der Waals surface area (Å²) in [4.78, 5) is 17.6. The maximum absolute atomic E-state index is 12.4. The number of thioether (sulfide) groups is 1. The molecule has 1 N–H and O–H groups in total. The van der Waals surface area contributed by atoms with Crippen LogP contribution < -0.4 is 5.32 Å². The van der Waals surface area contributed by atoms with Crippen molar-refractivity contribution in [1.29, 1.82) is 0 Å². The zero-order valence-corrected chi connectivity index (χ0v) is 16.0. The van der Waals surface area contributed by atoms with Crippen LogP contribution in [0.3, 0.4) is 0 Å². The summed E-state index contributed by atoms with van der Waals surface area (Å²) in [5.74, 6) is -0.121. The highest BCUT2D eigenvalue weighted by Crippen LogP contribution is 2.29. The first-order valence-corrected chi connectivity index (χ1v) is 9.51. The fraction of sp³-hybridized carbons (Fsp3) is 0.0909. The number of aromatic nitrogens is 1. The van der Waals surface area contributed by atoms with E-state index in [1.807, 2.05) is 80.7 Å². The van der Waals surface area contributed by atoms with Crippen LogP contribution in [0.25, 0.3) is 11.8 Å². The monoisotopic (exact) mass is 373 g/mol. The lowest BCUT2D eigenvalue weighted by Gasteiger charge is -2.06. The molecule has 3 aromatic rings. The standard InChI is InChI=1S/C22H19N3OS/c1-15-11-16(2)13-17(12-15)23-22-24-21(26)20(27-22)14-19-9-6-10-25(19)18-7-4-3-5-8-18/h3-14H,1-2H3,(H,23,24,26)/b20-14-. The SMILES string of the molecule is Cc1cc(C)cc(N=C2NC(=O)/C(=C/c3cccn3-c3ccccc3)S2)c1. The molecule has 1 amide bonds. The molecule has 2 aromatic carbocycles. The second kappa shape index (κ2) is 7.29. The van der Waals surface area contributed by atoms with Gasteiger partial charge in [-0.2, -0.15) is 0 Å². The van der Waals surface area contributed by atoms with Crippen molar-refractivity contribution >= 4 is 34.6 Å². The average Bonchev–Trinajstić information content (AvgIpc) is 3.22. The van der Waals surface area contributed by atoms with Crippen LogP contribution in [0.2, 0.25) is 0 Å². The molecule has 134 valence electrons. The minimum Gasteiger partial charge on any atom is -0.317 e. The Hall–Kier alpha value is -3.05. The Labute approximate surface area is 162 Å². The lowest BCUT2D eigenvalue weighted by molar-refractivity contribution is -0.115. The second-order valence-corrected chi connectivity index (χ2v) is 7.50. The van der Waals surface area contributed by atoms with Crippen LogP contribution in [-0.2, 0) is 4.79 Å². The Morgan fingerprint density at radius 3 is 2.48 bits per heavy atom. The van der Waals surface area contributed by atoms with E-state index in [1.165, 1.54) is 11.8 Å². The molecule has 5 heteroatoms. The van der Waals surface area contributed by atoms with Gasteiger partial charge in [0, 0.05) is 17.6 Å². The molecule has 0 bridgehead atoms. The molecule has 0 spiro atoms. The molecular formula is C22H19N3OS. The van der Waals surface area contributed by atoms with Crippen molar-refractivity contribution in [2.75, 3.05) is 0 Å². The van der Waals surface area contributed by atoms with Gasteiger partial charge in [-0.3, -0.25) is 4.79 Å². The number of hydrogen-bond donors (Lipinski definition) is 1. The predicted molar refractivity (Wildman–Crippen MR) is 112 cm³/mol. The largest absolute Gasteiger partial charge is 0.317 e. The first-order chi connectivity index (χ1) is 13.1. The molecule has 0 saturated carbocycles. The van der Waals surface area contributed by atoms with Crippen LogP contribution in [0.1, 0.15) is 16.8 Å². The molecule has 4 nitrogen and oxygen atoms in total. The van der Waals surface area contributed by atoms with Crippen molar-refractivity contribution in [3.8, 4) is 5.69 Å². The van der Waals surface area contributed by atoms with Crippen molar-refractivity contribution in [3.63, 3.8) is 0 Å². The summed E-state index contributed by atoms with van der Waals surface area (Å²) in [6, 6.07) is 20.1.